The lowest BCUT2D eigenvalue weighted by Gasteiger charge is -2.41. The first-order valence-corrected chi connectivity index (χ1v) is 7.24. The van der Waals surface area contributed by atoms with Gasteiger partial charge in [0, 0.05) is 18.6 Å². The minimum Gasteiger partial charge on any atom is -0.396 e. The van der Waals surface area contributed by atoms with E-state index in [1.54, 1.807) is 0 Å². The van der Waals surface area contributed by atoms with Crippen LogP contribution in [0.2, 0.25) is 13.1 Å². The summed E-state index contributed by atoms with van der Waals surface area (Å²) in [7, 11) is -1.82. The molecule has 0 spiro atoms. The first-order chi connectivity index (χ1) is 5.54. The third-order valence-electron chi connectivity index (χ3n) is 2.54. The van der Waals surface area contributed by atoms with Crippen molar-refractivity contribution < 1.29 is 14.0 Å². The third kappa shape index (κ3) is 2.07. The van der Waals surface area contributed by atoms with E-state index in [1.165, 1.54) is 0 Å². The molecule has 1 aliphatic heterocycles. The third-order valence-corrected chi connectivity index (χ3v) is 4.22. The second-order valence-corrected chi connectivity index (χ2v) is 7.37. The Labute approximate surface area is 74.9 Å². The summed E-state index contributed by atoms with van der Waals surface area (Å²) >= 11 is 0. The van der Waals surface area contributed by atoms with Crippen LogP contribution in [0, 0.1) is 5.41 Å². The molecule has 1 heterocycles. The van der Waals surface area contributed by atoms with Gasteiger partial charge in [-0.2, -0.15) is 0 Å². The molecule has 1 rings (SSSR count). The zero-order chi connectivity index (χ0) is 9.24. The van der Waals surface area contributed by atoms with Crippen LogP contribution in [-0.4, -0.2) is 33.5 Å². The highest BCUT2D eigenvalue weighted by Gasteiger charge is 2.40. The van der Waals surface area contributed by atoms with Gasteiger partial charge >= 0.3 is 8.56 Å². The Morgan fingerprint density at radius 1 is 1.33 bits per heavy atom. The van der Waals surface area contributed by atoms with Crippen LogP contribution in [0.1, 0.15) is 13.3 Å². The number of aliphatic hydroxyl groups excluding tert-OH is 1. The summed E-state index contributed by atoms with van der Waals surface area (Å²) < 4.78 is 11.2. The number of hydrogen-bond donors (Lipinski definition) is 1. The molecule has 0 aliphatic carbocycles. The Morgan fingerprint density at radius 2 is 1.83 bits per heavy atom. The molecule has 1 aliphatic rings. The van der Waals surface area contributed by atoms with Gasteiger partial charge in [0.2, 0.25) is 0 Å². The summed E-state index contributed by atoms with van der Waals surface area (Å²) in [6.07, 6.45) is 0.911. The standard InChI is InChI=1S/C8H18O3Si/c1-4-8(5-9)6-10-12(2,3)11-7-8/h9H,4-7H2,1-3H3. The van der Waals surface area contributed by atoms with Gasteiger partial charge in [0.25, 0.3) is 0 Å². The van der Waals surface area contributed by atoms with E-state index in [1.807, 2.05) is 13.1 Å². The molecular formula is C8H18O3Si. The van der Waals surface area contributed by atoms with Crippen LogP contribution in [-0.2, 0) is 8.85 Å². The van der Waals surface area contributed by atoms with Gasteiger partial charge in [0.05, 0.1) is 6.61 Å². The molecule has 3 nitrogen and oxygen atoms in total. The first kappa shape index (κ1) is 10.2. The van der Waals surface area contributed by atoms with Crippen LogP contribution in [0.5, 0.6) is 0 Å². The fourth-order valence-electron chi connectivity index (χ4n) is 1.14. The highest BCUT2D eigenvalue weighted by molar-refractivity contribution is 6.64. The average molecular weight is 190 g/mol. The van der Waals surface area contributed by atoms with Crippen LogP contribution in [0.4, 0.5) is 0 Å². The monoisotopic (exact) mass is 190 g/mol. The Balaban J connectivity index is 2.53. The predicted octanol–water partition coefficient (Wildman–Crippen LogP) is 1.12. The van der Waals surface area contributed by atoms with E-state index in [2.05, 4.69) is 6.92 Å². The van der Waals surface area contributed by atoms with E-state index < -0.39 is 8.56 Å². The average Bonchev–Trinajstić information content (AvgIpc) is 2.06. The molecule has 0 aromatic carbocycles. The summed E-state index contributed by atoms with van der Waals surface area (Å²) in [5, 5.41) is 9.17. The van der Waals surface area contributed by atoms with Crippen molar-refractivity contribution in [1.29, 1.82) is 0 Å². The fraction of sp³-hybridized carbons (Fsp3) is 1.00. The van der Waals surface area contributed by atoms with Crippen molar-refractivity contribution in [1.82, 2.24) is 0 Å². The molecule has 72 valence electrons. The molecule has 0 saturated carbocycles. The molecular weight excluding hydrogens is 172 g/mol. The normalized spacial score (nSPS) is 27.0. The molecule has 12 heavy (non-hydrogen) atoms. The summed E-state index contributed by atoms with van der Waals surface area (Å²) in [5.41, 5.74) is -0.136. The van der Waals surface area contributed by atoms with Gasteiger partial charge < -0.3 is 14.0 Å². The topological polar surface area (TPSA) is 38.7 Å². The van der Waals surface area contributed by atoms with E-state index in [0.717, 1.165) is 6.42 Å². The van der Waals surface area contributed by atoms with E-state index in [4.69, 9.17) is 14.0 Å². The summed E-state index contributed by atoms with van der Waals surface area (Å²) in [4.78, 5) is 0. The van der Waals surface area contributed by atoms with Crippen LogP contribution < -0.4 is 0 Å². The van der Waals surface area contributed by atoms with Crippen molar-refractivity contribution >= 4 is 8.56 Å². The van der Waals surface area contributed by atoms with Crippen LogP contribution in [0.25, 0.3) is 0 Å². The molecule has 1 saturated heterocycles. The highest BCUT2D eigenvalue weighted by Crippen LogP contribution is 2.29. The minimum atomic E-state index is -1.82. The van der Waals surface area contributed by atoms with Gasteiger partial charge in [-0.15, -0.1) is 0 Å². The lowest BCUT2D eigenvalue weighted by molar-refractivity contribution is -0.0405. The zero-order valence-corrected chi connectivity index (χ0v) is 9.09. The molecule has 0 aromatic rings. The van der Waals surface area contributed by atoms with Crippen molar-refractivity contribution in [3.05, 3.63) is 0 Å². The van der Waals surface area contributed by atoms with Gasteiger partial charge in [-0.3, -0.25) is 0 Å². The Hall–Kier alpha value is 0.0969. The van der Waals surface area contributed by atoms with E-state index in [9.17, 15) is 0 Å². The van der Waals surface area contributed by atoms with Gasteiger partial charge in [-0.05, 0) is 19.5 Å². The van der Waals surface area contributed by atoms with E-state index in [-0.39, 0.29) is 12.0 Å². The van der Waals surface area contributed by atoms with Crippen molar-refractivity contribution in [3.8, 4) is 0 Å². The van der Waals surface area contributed by atoms with E-state index >= 15 is 0 Å². The SMILES string of the molecule is CCC1(CO)CO[Si](C)(C)OC1. The second-order valence-electron chi connectivity index (χ2n) is 3.99. The van der Waals surface area contributed by atoms with Crippen molar-refractivity contribution in [2.45, 2.75) is 26.4 Å². The summed E-state index contributed by atoms with van der Waals surface area (Å²) in [6.45, 7) is 7.59. The Kier molecular flexibility index (Phi) is 2.93. The zero-order valence-electron chi connectivity index (χ0n) is 8.09. The van der Waals surface area contributed by atoms with Gasteiger partial charge in [0.1, 0.15) is 0 Å². The van der Waals surface area contributed by atoms with E-state index in [0.29, 0.717) is 13.2 Å². The van der Waals surface area contributed by atoms with Crippen LogP contribution >= 0.6 is 0 Å². The maximum atomic E-state index is 9.17. The number of rotatable bonds is 2. The maximum Gasteiger partial charge on any atom is 0.331 e. The minimum absolute atomic E-state index is 0.136. The van der Waals surface area contributed by atoms with Crippen LogP contribution in [0.3, 0.4) is 0 Å². The lowest BCUT2D eigenvalue weighted by Crippen LogP contribution is -2.51. The fourth-order valence-corrected chi connectivity index (χ4v) is 2.54. The van der Waals surface area contributed by atoms with Gasteiger partial charge in [0.15, 0.2) is 0 Å². The number of aliphatic hydroxyl groups is 1. The van der Waals surface area contributed by atoms with Crippen molar-refractivity contribution in [2.24, 2.45) is 5.41 Å². The molecule has 0 unspecified atom stereocenters. The molecule has 4 heteroatoms. The largest absolute Gasteiger partial charge is 0.396 e. The summed E-state index contributed by atoms with van der Waals surface area (Å²) in [6, 6.07) is 0. The molecule has 0 amide bonds. The number of hydrogen-bond acceptors (Lipinski definition) is 3. The van der Waals surface area contributed by atoms with Gasteiger partial charge in [-0.25, -0.2) is 0 Å². The first-order valence-electron chi connectivity index (χ1n) is 4.42. The Morgan fingerprint density at radius 3 is 2.17 bits per heavy atom. The summed E-state index contributed by atoms with van der Waals surface area (Å²) in [5.74, 6) is 0. The molecule has 0 atom stereocenters. The maximum absolute atomic E-state index is 9.17. The Bertz CT molecular complexity index is 142. The van der Waals surface area contributed by atoms with Crippen LogP contribution in [0.15, 0.2) is 0 Å². The lowest BCUT2D eigenvalue weighted by atomic mass is 9.88. The second kappa shape index (κ2) is 3.45. The highest BCUT2D eigenvalue weighted by atomic mass is 28.4. The molecule has 0 aromatic heterocycles. The van der Waals surface area contributed by atoms with Crippen molar-refractivity contribution in [3.63, 3.8) is 0 Å². The van der Waals surface area contributed by atoms with Crippen molar-refractivity contribution in [2.75, 3.05) is 19.8 Å². The smallest absolute Gasteiger partial charge is 0.331 e. The molecule has 0 radical (unpaired) electrons. The molecule has 1 fully saturated rings. The molecule has 0 bridgehead atoms. The molecule has 1 N–H and O–H groups in total. The van der Waals surface area contributed by atoms with Gasteiger partial charge in [-0.1, -0.05) is 6.92 Å². The quantitative estimate of drug-likeness (QED) is 0.663. The predicted molar refractivity (Wildman–Crippen MR) is 49.2 cm³/mol.